The van der Waals surface area contributed by atoms with Crippen LogP contribution in [0.3, 0.4) is 0 Å². The minimum atomic E-state index is -0.495. The largest absolute Gasteiger partial charge is 1.00 e. The summed E-state index contributed by atoms with van der Waals surface area (Å²) in [5.74, 6) is 0.360. The van der Waals surface area contributed by atoms with Gasteiger partial charge in [0.2, 0.25) is 6.41 Å². The van der Waals surface area contributed by atoms with E-state index in [0.29, 0.717) is 47.4 Å². The zero-order valence-corrected chi connectivity index (χ0v) is 33.5. The van der Waals surface area contributed by atoms with Gasteiger partial charge in [-0.15, -0.1) is 0 Å². The Bertz CT molecular complexity index is 1740. The molecule has 0 spiro atoms. The van der Waals surface area contributed by atoms with Gasteiger partial charge in [-0.2, -0.15) is 6.42 Å². The number of benzene rings is 3. The molecule has 0 saturated carbocycles. The maximum absolute atomic E-state index is 15.3. The van der Waals surface area contributed by atoms with E-state index in [1.807, 2.05) is 25.1 Å². The van der Waals surface area contributed by atoms with Crippen molar-refractivity contribution in [1.82, 2.24) is 10.2 Å². The molecule has 0 radical (unpaired) electrons. The quantitative estimate of drug-likeness (QED) is 0.0372. The standard InChI is InChI=1S/C38H46FN7O3P.K/c1-3-33(44-23-47)38(43)50-49-36-22-31(39)34(20-24(36)2)46-18-14-28(15-19-46)45-16-12-26(13-17-45)25-8-10-27(11-9-25)30(37(41)42)21-32(40)29-6-4-5-7-35(29)48;/h4-11,20-23,26,28,33,40,43,48,50H,1,3,12-19H2,2H3,(H3,41,42)(H,44,47);/q-1;+1/b30-21-,40-32?,43-38?;. The van der Waals surface area contributed by atoms with Crippen molar-refractivity contribution in [3.8, 4) is 11.5 Å². The number of halogens is 1. The number of nitrogens with one attached hydrogen (secondary N) is 4. The Balaban J connectivity index is 0.00000583. The molecule has 2 unspecified atom stereocenters. The van der Waals surface area contributed by atoms with Crippen LogP contribution in [0.5, 0.6) is 11.5 Å². The number of carbonyl (C=O) groups is 1. The van der Waals surface area contributed by atoms with Crippen molar-refractivity contribution in [1.29, 1.82) is 16.2 Å². The van der Waals surface area contributed by atoms with Gasteiger partial charge in [0.05, 0.1) is 16.9 Å². The summed E-state index contributed by atoms with van der Waals surface area (Å²) in [6.07, 6.45) is 6.41. The molecule has 2 aliphatic rings. The molecule has 2 saturated heterocycles. The van der Waals surface area contributed by atoms with Crippen LogP contribution in [0.4, 0.5) is 10.1 Å². The molecule has 0 aliphatic carbocycles. The molecule has 2 atom stereocenters. The van der Waals surface area contributed by atoms with Gasteiger partial charge >= 0.3 is 51.4 Å². The fourth-order valence-corrected chi connectivity index (χ4v) is 7.63. The molecule has 1 amide bonds. The maximum Gasteiger partial charge on any atom is 1.00 e. The van der Waals surface area contributed by atoms with Gasteiger partial charge in [0.25, 0.3) is 0 Å². The number of phenols is 1. The minimum absolute atomic E-state index is 0. The van der Waals surface area contributed by atoms with Crippen molar-refractivity contribution in [2.45, 2.75) is 57.0 Å². The van der Waals surface area contributed by atoms with Crippen molar-refractivity contribution in [3.63, 3.8) is 0 Å². The van der Waals surface area contributed by atoms with Gasteiger partial charge in [-0.3, -0.25) is 15.6 Å². The molecule has 51 heavy (non-hydrogen) atoms. The van der Waals surface area contributed by atoms with E-state index in [9.17, 15) is 9.90 Å². The topological polar surface area (TPSA) is 163 Å². The Morgan fingerprint density at radius 2 is 1.75 bits per heavy atom. The smallest absolute Gasteiger partial charge is 0.507 e. The van der Waals surface area contributed by atoms with E-state index in [-0.39, 0.29) is 88.8 Å². The molecule has 2 fully saturated rings. The number of phenolic OH excluding ortho intramolecular Hbond substituents is 1. The number of allylic oxidation sites excluding steroid dienone is 1. The number of aryl methyl sites for hydroxylation is 1. The molecule has 13 heteroatoms. The van der Waals surface area contributed by atoms with Gasteiger partial charge in [-0.05, 0) is 92.6 Å². The number of amides is 1. The number of hydrogen-bond donors (Lipinski definition) is 6. The molecule has 7 N–H and O–H groups in total. The van der Waals surface area contributed by atoms with Crippen molar-refractivity contribution in [2.24, 2.45) is 5.73 Å². The zero-order chi connectivity index (χ0) is 35.8. The molecule has 2 aliphatic heterocycles. The number of nitrogens with two attached hydrogens (primary N) is 1. The van der Waals surface area contributed by atoms with Gasteiger partial charge in [0, 0.05) is 42.4 Å². The van der Waals surface area contributed by atoms with E-state index >= 15 is 4.39 Å². The summed E-state index contributed by atoms with van der Waals surface area (Å²) in [6.45, 7) is 9.17. The van der Waals surface area contributed by atoms with Gasteiger partial charge in [0.15, 0.2) is 0 Å². The molecular weight excluding hydrogens is 692 g/mol. The normalized spacial score (nSPS) is 16.8. The SMILES string of the molecule is [CH2-]CC(NC=O)C(=N)POc1cc(F)c(N2CCC(N3CCC(c4ccc(/C(=C/C(=N)c5ccccc5O)C(=N)N)cc4)CC3)CC2)cc1C.[K+]. The van der Waals surface area contributed by atoms with E-state index in [2.05, 4.69) is 34.2 Å². The van der Waals surface area contributed by atoms with Crippen LogP contribution in [0.25, 0.3) is 5.57 Å². The van der Waals surface area contributed by atoms with Crippen LogP contribution in [-0.4, -0.2) is 71.7 Å². The van der Waals surface area contributed by atoms with Gasteiger partial charge in [-0.1, -0.05) is 36.4 Å². The average molecular weight is 738 g/mol. The summed E-state index contributed by atoms with van der Waals surface area (Å²) in [6, 6.07) is 17.9. The third-order valence-corrected chi connectivity index (χ3v) is 10.6. The molecule has 0 bridgehead atoms. The van der Waals surface area contributed by atoms with Gasteiger partial charge in [0.1, 0.15) is 32.0 Å². The number of amidine groups is 1. The van der Waals surface area contributed by atoms with E-state index in [1.165, 1.54) is 23.8 Å². The van der Waals surface area contributed by atoms with Crippen LogP contribution in [0, 0.1) is 35.9 Å². The summed E-state index contributed by atoms with van der Waals surface area (Å²) in [5.41, 5.74) is 10.4. The molecule has 264 valence electrons. The van der Waals surface area contributed by atoms with E-state index in [0.717, 1.165) is 63.0 Å². The number of aromatic hydroxyl groups is 1. The number of rotatable bonds is 14. The summed E-state index contributed by atoms with van der Waals surface area (Å²) >= 11 is 0. The molecular formula is C38H46FKN7O3P. The van der Waals surface area contributed by atoms with E-state index < -0.39 is 6.04 Å². The fourth-order valence-electron chi connectivity index (χ4n) is 6.82. The van der Waals surface area contributed by atoms with Crippen LogP contribution in [0.1, 0.15) is 60.3 Å². The Morgan fingerprint density at radius 3 is 2.35 bits per heavy atom. The molecule has 3 aromatic rings. The van der Waals surface area contributed by atoms with Crippen LogP contribution in [0.15, 0.2) is 66.7 Å². The Labute approximate surface area is 344 Å². The molecule has 2 heterocycles. The van der Waals surface area contributed by atoms with Crippen LogP contribution >= 0.6 is 8.81 Å². The predicted molar refractivity (Wildman–Crippen MR) is 201 cm³/mol. The number of para-hydroxylation sites is 1. The number of nitrogens with zero attached hydrogens (tertiary/aromatic N) is 2. The number of hydrogen-bond acceptors (Lipinski definition) is 8. The van der Waals surface area contributed by atoms with E-state index in [4.69, 9.17) is 26.5 Å². The van der Waals surface area contributed by atoms with Crippen LogP contribution in [-0.2, 0) is 4.79 Å². The Kier molecular flexibility index (Phi) is 15.4. The number of anilines is 1. The predicted octanol–water partition coefficient (Wildman–Crippen LogP) is 3.37. The van der Waals surface area contributed by atoms with Crippen molar-refractivity contribution in [3.05, 3.63) is 102 Å². The zero-order valence-electron chi connectivity index (χ0n) is 29.3. The van der Waals surface area contributed by atoms with Crippen LogP contribution in [0.2, 0.25) is 0 Å². The fraction of sp³-hybridized carbons (Fsp3) is 0.342. The monoisotopic (exact) mass is 737 g/mol. The first-order valence-corrected chi connectivity index (χ1v) is 17.8. The Morgan fingerprint density at radius 1 is 1.08 bits per heavy atom. The van der Waals surface area contributed by atoms with Crippen LogP contribution < -0.4 is 71.9 Å². The maximum atomic E-state index is 15.3. The second-order valence-electron chi connectivity index (χ2n) is 12.9. The molecule has 3 aromatic carbocycles. The number of piperidine rings is 2. The van der Waals surface area contributed by atoms with Crippen molar-refractivity contribution >= 4 is 43.5 Å². The van der Waals surface area contributed by atoms with E-state index in [1.54, 1.807) is 18.2 Å². The third-order valence-electron chi connectivity index (χ3n) is 9.74. The third kappa shape index (κ3) is 10.3. The second-order valence-corrected chi connectivity index (χ2v) is 13.8. The first-order valence-electron chi connectivity index (χ1n) is 16.9. The number of carbonyl (C=O) groups excluding carboxylic acids is 1. The summed E-state index contributed by atoms with van der Waals surface area (Å²) < 4.78 is 21.1. The molecule has 5 rings (SSSR count). The summed E-state index contributed by atoms with van der Waals surface area (Å²) in [7, 11) is -0.338. The van der Waals surface area contributed by atoms with Crippen molar-refractivity contribution < 1.29 is 70.2 Å². The van der Waals surface area contributed by atoms with Gasteiger partial charge < -0.3 is 42.8 Å². The average Bonchev–Trinajstić information content (AvgIpc) is 3.13. The molecule has 10 nitrogen and oxygen atoms in total. The van der Waals surface area contributed by atoms with Crippen molar-refractivity contribution in [2.75, 3.05) is 31.1 Å². The number of likely N-dealkylation sites (tertiary alicyclic amines) is 1. The molecule has 0 aromatic heterocycles. The minimum Gasteiger partial charge on any atom is -0.507 e. The summed E-state index contributed by atoms with van der Waals surface area (Å²) in [5, 5.41) is 37.4. The van der Waals surface area contributed by atoms with Gasteiger partial charge in [-0.25, -0.2) is 4.39 Å². The Hall–Kier alpha value is -2.96. The first-order chi connectivity index (χ1) is 24.1. The first kappa shape index (κ1) is 40.8. The second kappa shape index (κ2) is 19.2. The summed E-state index contributed by atoms with van der Waals surface area (Å²) in [4.78, 5) is 15.5.